The standard InChI is InChI=1S/C42H28N2S2/c1-4-12-29(13-5-1)43(30-14-6-2-7-15-30)32-22-25-40-38(26-32)37-24-21-34(28-42(37)46-40)44(31-16-8-3-9-17-31)33-20-23-36-35-18-10-11-19-39(35)45-41(36)27-33/h1-28H. The van der Waals surface area contributed by atoms with Crippen LogP contribution in [0.15, 0.2) is 170 Å². The minimum absolute atomic E-state index is 1.14. The van der Waals surface area contributed by atoms with Crippen LogP contribution in [-0.4, -0.2) is 0 Å². The Kier molecular flexibility index (Phi) is 6.55. The van der Waals surface area contributed by atoms with Gasteiger partial charge in [-0.15, -0.1) is 22.7 Å². The van der Waals surface area contributed by atoms with E-state index in [1.165, 1.54) is 40.3 Å². The molecule has 0 amide bonds. The minimum Gasteiger partial charge on any atom is -0.310 e. The first kappa shape index (κ1) is 26.9. The van der Waals surface area contributed by atoms with Gasteiger partial charge in [-0.25, -0.2) is 0 Å². The molecule has 4 heteroatoms. The van der Waals surface area contributed by atoms with E-state index in [-0.39, 0.29) is 0 Å². The number of hydrogen-bond donors (Lipinski definition) is 0. The van der Waals surface area contributed by atoms with Crippen molar-refractivity contribution >= 4 is 97.1 Å². The van der Waals surface area contributed by atoms with Gasteiger partial charge in [-0.1, -0.05) is 84.9 Å². The number of fused-ring (bicyclic) bond motifs is 6. The van der Waals surface area contributed by atoms with Gasteiger partial charge in [0.05, 0.1) is 0 Å². The predicted octanol–water partition coefficient (Wildman–Crippen LogP) is 13.4. The highest BCUT2D eigenvalue weighted by Gasteiger charge is 2.18. The van der Waals surface area contributed by atoms with Crippen LogP contribution in [0.5, 0.6) is 0 Å². The lowest BCUT2D eigenvalue weighted by atomic mass is 10.1. The van der Waals surface area contributed by atoms with Gasteiger partial charge < -0.3 is 9.80 Å². The number of nitrogens with zero attached hydrogens (tertiary/aromatic N) is 2. The van der Waals surface area contributed by atoms with Crippen LogP contribution in [-0.2, 0) is 0 Å². The van der Waals surface area contributed by atoms with Gasteiger partial charge in [0.25, 0.3) is 0 Å². The third-order valence-electron chi connectivity index (χ3n) is 8.62. The normalized spacial score (nSPS) is 11.5. The third-order valence-corrected chi connectivity index (χ3v) is 10.9. The second-order valence-corrected chi connectivity index (χ2v) is 13.6. The van der Waals surface area contributed by atoms with Gasteiger partial charge in [-0.2, -0.15) is 0 Å². The average molecular weight is 625 g/mol. The zero-order valence-corrected chi connectivity index (χ0v) is 26.5. The number of para-hydroxylation sites is 3. The van der Waals surface area contributed by atoms with Gasteiger partial charge in [-0.3, -0.25) is 0 Å². The molecule has 0 unspecified atom stereocenters. The quantitative estimate of drug-likeness (QED) is 0.182. The summed E-state index contributed by atoms with van der Waals surface area (Å²) in [5.74, 6) is 0. The number of benzene rings is 7. The van der Waals surface area contributed by atoms with Gasteiger partial charge in [0.1, 0.15) is 0 Å². The predicted molar refractivity (Wildman–Crippen MR) is 202 cm³/mol. The fourth-order valence-electron chi connectivity index (χ4n) is 6.51. The molecule has 9 aromatic rings. The summed E-state index contributed by atoms with van der Waals surface area (Å²) < 4.78 is 5.19. The van der Waals surface area contributed by atoms with Crippen molar-refractivity contribution in [1.29, 1.82) is 0 Å². The molecular formula is C42H28N2S2. The Labute approximate surface area is 275 Å². The molecule has 0 bridgehead atoms. The molecule has 0 saturated carbocycles. The molecule has 9 rings (SSSR count). The molecule has 46 heavy (non-hydrogen) atoms. The highest BCUT2D eigenvalue weighted by atomic mass is 32.1. The summed E-state index contributed by atoms with van der Waals surface area (Å²) in [5.41, 5.74) is 6.90. The molecule has 0 atom stereocenters. The van der Waals surface area contributed by atoms with E-state index in [1.807, 2.05) is 22.7 Å². The van der Waals surface area contributed by atoms with Crippen LogP contribution in [0.4, 0.5) is 34.1 Å². The van der Waals surface area contributed by atoms with Crippen LogP contribution in [0.3, 0.4) is 0 Å². The van der Waals surface area contributed by atoms with E-state index in [0.29, 0.717) is 0 Å². The minimum atomic E-state index is 1.14. The lowest BCUT2D eigenvalue weighted by Gasteiger charge is -2.26. The van der Waals surface area contributed by atoms with Crippen LogP contribution >= 0.6 is 22.7 Å². The zero-order valence-electron chi connectivity index (χ0n) is 24.9. The van der Waals surface area contributed by atoms with Crippen LogP contribution in [0.1, 0.15) is 0 Å². The Bertz CT molecular complexity index is 2440. The highest BCUT2D eigenvalue weighted by Crippen LogP contribution is 2.44. The molecule has 0 N–H and O–H groups in total. The van der Waals surface area contributed by atoms with Crippen LogP contribution in [0.2, 0.25) is 0 Å². The SMILES string of the molecule is c1ccc(N(c2ccc3c(c2)sc2ccccc23)c2ccc3c(c2)sc2ccc(N(c4ccccc4)c4ccccc4)cc23)cc1. The van der Waals surface area contributed by atoms with Crippen molar-refractivity contribution in [2.24, 2.45) is 0 Å². The number of thiophene rings is 2. The highest BCUT2D eigenvalue weighted by molar-refractivity contribution is 7.26. The Hall–Kier alpha value is -5.42. The van der Waals surface area contributed by atoms with Gasteiger partial charge in [-0.05, 0) is 84.9 Å². The van der Waals surface area contributed by atoms with E-state index in [9.17, 15) is 0 Å². The van der Waals surface area contributed by atoms with Crippen molar-refractivity contribution in [3.05, 3.63) is 170 Å². The topological polar surface area (TPSA) is 6.48 Å². The Morgan fingerprint density at radius 1 is 0.261 bits per heavy atom. The van der Waals surface area contributed by atoms with E-state index in [1.54, 1.807) is 0 Å². The molecule has 0 fully saturated rings. The molecule has 0 aliphatic heterocycles. The molecule has 7 aromatic carbocycles. The Morgan fingerprint density at radius 2 is 0.652 bits per heavy atom. The largest absolute Gasteiger partial charge is 0.310 e. The second kappa shape index (κ2) is 11.2. The average Bonchev–Trinajstić information content (AvgIpc) is 3.67. The maximum Gasteiger partial charge on any atom is 0.0476 e. The molecule has 0 aliphatic rings. The maximum absolute atomic E-state index is 2.38. The zero-order chi connectivity index (χ0) is 30.5. The lowest BCUT2D eigenvalue weighted by molar-refractivity contribution is 1.29. The second-order valence-electron chi connectivity index (χ2n) is 11.4. The van der Waals surface area contributed by atoms with E-state index in [0.717, 1.165) is 34.1 Å². The fourth-order valence-corrected chi connectivity index (χ4v) is 8.77. The van der Waals surface area contributed by atoms with Crippen molar-refractivity contribution in [3.8, 4) is 0 Å². The molecule has 0 saturated heterocycles. The smallest absolute Gasteiger partial charge is 0.0476 e. The van der Waals surface area contributed by atoms with E-state index in [4.69, 9.17) is 0 Å². The number of hydrogen-bond acceptors (Lipinski definition) is 4. The van der Waals surface area contributed by atoms with Gasteiger partial charge in [0, 0.05) is 74.5 Å². The van der Waals surface area contributed by atoms with Crippen molar-refractivity contribution in [2.45, 2.75) is 0 Å². The van der Waals surface area contributed by atoms with Crippen LogP contribution < -0.4 is 9.80 Å². The fraction of sp³-hybridized carbons (Fsp3) is 0. The summed E-state index contributed by atoms with van der Waals surface area (Å²) in [7, 11) is 0. The summed E-state index contributed by atoms with van der Waals surface area (Å²) in [5, 5.41) is 5.19. The summed E-state index contributed by atoms with van der Waals surface area (Å²) in [6.45, 7) is 0. The monoisotopic (exact) mass is 624 g/mol. The van der Waals surface area contributed by atoms with Gasteiger partial charge in [0.2, 0.25) is 0 Å². The third kappa shape index (κ3) is 4.62. The first-order valence-electron chi connectivity index (χ1n) is 15.4. The first-order chi connectivity index (χ1) is 22.8. The molecular weight excluding hydrogens is 597 g/mol. The molecule has 2 nitrogen and oxygen atoms in total. The van der Waals surface area contributed by atoms with E-state index >= 15 is 0 Å². The Balaban J connectivity index is 1.17. The van der Waals surface area contributed by atoms with Crippen molar-refractivity contribution in [2.75, 3.05) is 9.80 Å². The summed E-state index contributed by atoms with van der Waals surface area (Å²) >= 11 is 3.72. The van der Waals surface area contributed by atoms with Gasteiger partial charge in [0.15, 0.2) is 0 Å². The van der Waals surface area contributed by atoms with E-state index in [2.05, 4.69) is 180 Å². The lowest BCUT2D eigenvalue weighted by Crippen LogP contribution is -2.09. The molecule has 0 radical (unpaired) electrons. The number of rotatable bonds is 6. The molecule has 0 aliphatic carbocycles. The molecule has 0 spiro atoms. The molecule has 2 aromatic heterocycles. The Morgan fingerprint density at radius 3 is 1.22 bits per heavy atom. The summed E-state index contributed by atoms with van der Waals surface area (Å²) in [6, 6.07) is 61.3. The summed E-state index contributed by atoms with van der Waals surface area (Å²) in [4.78, 5) is 4.71. The van der Waals surface area contributed by atoms with Gasteiger partial charge >= 0.3 is 0 Å². The molecule has 218 valence electrons. The first-order valence-corrected chi connectivity index (χ1v) is 17.1. The van der Waals surface area contributed by atoms with Crippen LogP contribution in [0.25, 0.3) is 40.3 Å². The van der Waals surface area contributed by atoms with E-state index < -0.39 is 0 Å². The van der Waals surface area contributed by atoms with Crippen LogP contribution in [0, 0.1) is 0 Å². The number of anilines is 6. The molecule has 2 heterocycles. The van der Waals surface area contributed by atoms with Crippen molar-refractivity contribution in [3.63, 3.8) is 0 Å². The van der Waals surface area contributed by atoms with Crippen molar-refractivity contribution < 1.29 is 0 Å². The van der Waals surface area contributed by atoms with Crippen molar-refractivity contribution in [1.82, 2.24) is 0 Å². The maximum atomic E-state index is 2.38. The summed E-state index contributed by atoms with van der Waals surface area (Å²) in [6.07, 6.45) is 0.